The summed E-state index contributed by atoms with van der Waals surface area (Å²) in [5, 5.41) is 9.04. The van der Waals surface area contributed by atoms with Crippen molar-refractivity contribution < 1.29 is 4.74 Å². The molecule has 1 unspecified atom stereocenters. The molecule has 152 valence electrons. The number of thiazole rings is 1. The highest BCUT2D eigenvalue weighted by atomic mass is 32.2. The average molecular weight is 420 g/mol. The summed E-state index contributed by atoms with van der Waals surface area (Å²) in [5.74, 6) is 2.87. The van der Waals surface area contributed by atoms with Crippen molar-refractivity contribution in [2.45, 2.75) is 29.6 Å². The number of benzene rings is 1. The number of hydrogen-bond donors (Lipinski definition) is 2. The molecule has 1 aliphatic heterocycles. The van der Waals surface area contributed by atoms with Crippen LogP contribution in [0.4, 0.5) is 5.69 Å². The van der Waals surface area contributed by atoms with Crippen molar-refractivity contribution in [3.63, 3.8) is 0 Å². The van der Waals surface area contributed by atoms with E-state index >= 15 is 0 Å². The summed E-state index contributed by atoms with van der Waals surface area (Å²) in [6, 6.07) is 8.61. The number of nitrogens with zero attached hydrogens (tertiary/aromatic N) is 3. The molecule has 0 spiro atoms. The quantitative estimate of drug-likeness (QED) is 0.296. The first-order valence-corrected chi connectivity index (χ1v) is 11.5. The Morgan fingerprint density at radius 3 is 3.11 bits per heavy atom. The van der Waals surface area contributed by atoms with Crippen molar-refractivity contribution in [3.05, 3.63) is 35.8 Å². The Morgan fingerprint density at radius 1 is 1.43 bits per heavy atom. The van der Waals surface area contributed by atoms with Gasteiger partial charge in [-0.15, -0.1) is 11.3 Å². The normalized spacial score (nSPS) is 17.4. The molecule has 2 heterocycles. The molecule has 1 fully saturated rings. The fraction of sp³-hybridized carbons (Fsp3) is 0.500. The number of aliphatic imine (C=N–C) groups is 1. The molecule has 2 N–H and O–H groups in total. The molecule has 0 saturated carbocycles. The maximum absolute atomic E-state index is 5.54. The summed E-state index contributed by atoms with van der Waals surface area (Å²) in [7, 11) is 3.57. The number of nitrogens with one attached hydrogen (secondary N) is 2. The minimum Gasteiger partial charge on any atom is -0.495 e. The SMILES string of the molecule is CN=C(NCCCSc1nccs1)NC1CCCN(c2ccccc2OC)C1. The van der Waals surface area contributed by atoms with Gasteiger partial charge < -0.3 is 20.3 Å². The lowest BCUT2D eigenvalue weighted by Crippen LogP contribution is -2.51. The Hall–Kier alpha value is -1.93. The van der Waals surface area contributed by atoms with E-state index in [1.54, 1.807) is 18.4 Å². The monoisotopic (exact) mass is 419 g/mol. The van der Waals surface area contributed by atoms with Gasteiger partial charge in [-0.2, -0.15) is 0 Å². The Bertz CT molecular complexity index is 738. The molecule has 6 nitrogen and oxygen atoms in total. The Morgan fingerprint density at radius 2 is 2.32 bits per heavy atom. The van der Waals surface area contributed by atoms with Crippen LogP contribution in [0, 0.1) is 0 Å². The molecule has 1 aliphatic rings. The fourth-order valence-electron chi connectivity index (χ4n) is 3.31. The van der Waals surface area contributed by atoms with Crippen LogP contribution in [0.1, 0.15) is 19.3 Å². The standard InChI is InChI=1S/C20H29N5OS2/c1-21-19(22-10-6-13-27-20-23-11-14-28-20)24-16-7-5-12-25(15-16)17-8-3-4-9-18(17)26-2/h3-4,8-9,11,14,16H,5-7,10,12-13,15H2,1-2H3,(H2,21,22,24). The zero-order valence-electron chi connectivity index (χ0n) is 16.6. The van der Waals surface area contributed by atoms with E-state index in [0.29, 0.717) is 6.04 Å². The third-order valence-corrected chi connectivity index (χ3v) is 6.71. The lowest BCUT2D eigenvalue weighted by atomic mass is 10.0. The van der Waals surface area contributed by atoms with E-state index in [1.807, 2.05) is 42.5 Å². The van der Waals surface area contributed by atoms with Crippen LogP contribution in [-0.4, -0.2) is 56.5 Å². The number of guanidine groups is 1. The van der Waals surface area contributed by atoms with Gasteiger partial charge in [-0.1, -0.05) is 23.9 Å². The summed E-state index contributed by atoms with van der Waals surface area (Å²) in [4.78, 5) is 11.1. The molecule has 1 aromatic heterocycles. The van der Waals surface area contributed by atoms with Crippen molar-refractivity contribution in [1.82, 2.24) is 15.6 Å². The number of para-hydroxylation sites is 2. The predicted molar refractivity (Wildman–Crippen MR) is 120 cm³/mol. The molecule has 0 amide bonds. The summed E-state index contributed by atoms with van der Waals surface area (Å²) in [5.41, 5.74) is 1.17. The van der Waals surface area contributed by atoms with E-state index in [1.165, 1.54) is 5.69 Å². The third-order valence-electron chi connectivity index (χ3n) is 4.66. The molecule has 28 heavy (non-hydrogen) atoms. The van der Waals surface area contributed by atoms with E-state index in [4.69, 9.17) is 4.74 Å². The molecule has 2 aromatic rings. The molecule has 0 aliphatic carbocycles. The van der Waals surface area contributed by atoms with Gasteiger partial charge in [0.05, 0.1) is 12.8 Å². The topological polar surface area (TPSA) is 61.8 Å². The number of ether oxygens (including phenoxy) is 1. The summed E-state index contributed by atoms with van der Waals surface area (Å²) >= 11 is 3.51. The summed E-state index contributed by atoms with van der Waals surface area (Å²) in [6.45, 7) is 2.90. The van der Waals surface area contributed by atoms with Gasteiger partial charge in [0.2, 0.25) is 0 Å². The highest BCUT2D eigenvalue weighted by molar-refractivity contribution is 8.00. The smallest absolute Gasteiger partial charge is 0.191 e. The Balaban J connectivity index is 1.43. The lowest BCUT2D eigenvalue weighted by molar-refractivity contribution is 0.408. The van der Waals surface area contributed by atoms with Gasteiger partial charge in [0.1, 0.15) is 10.1 Å². The van der Waals surface area contributed by atoms with Crippen LogP contribution in [0.2, 0.25) is 0 Å². The van der Waals surface area contributed by atoms with Crippen molar-refractivity contribution in [3.8, 4) is 5.75 Å². The minimum atomic E-state index is 0.370. The predicted octanol–water partition coefficient (Wildman–Crippen LogP) is 3.47. The van der Waals surface area contributed by atoms with E-state index in [-0.39, 0.29) is 0 Å². The largest absolute Gasteiger partial charge is 0.495 e. The molecular formula is C20H29N5OS2. The molecular weight excluding hydrogens is 390 g/mol. The lowest BCUT2D eigenvalue weighted by Gasteiger charge is -2.36. The Kier molecular flexibility index (Phi) is 8.29. The number of piperidine rings is 1. The van der Waals surface area contributed by atoms with Crippen LogP contribution in [0.15, 0.2) is 45.2 Å². The highest BCUT2D eigenvalue weighted by Gasteiger charge is 2.22. The van der Waals surface area contributed by atoms with Crippen LogP contribution in [0.3, 0.4) is 0 Å². The highest BCUT2D eigenvalue weighted by Crippen LogP contribution is 2.29. The van der Waals surface area contributed by atoms with Crippen LogP contribution in [0.5, 0.6) is 5.75 Å². The van der Waals surface area contributed by atoms with E-state index in [9.17, 15) is 0 Å². The first-order valence-electron chi connectivity index (χ1n) is 9.67. The summed E-state index contributed by atoms with van der Waals surface area (Å²) < 4.78 is 6.68. The molecule has 8 heteroatoms. The van der Waals surface area contributed by atoms with Gasteiger partial charge in [-0.05, 0) is 31.4 Å². The summed E-state index contributed by atoms with van der Waals surface area (Å²) in [6.07, 6.45) is 5.22. The first kappa shape index (κ1) is 20.8. The van der Waals surface area contributed by atoms with Gasteiger partial charge in [0.15, 0.2) is 5.96 Å². The molecule has 1 saturated heterocycles. The second-order valence-corrected chi connectivity index (χ2v) is 8.84. The Labute approximate surface area is 175 Å². The van der Waals surface area contributed by atoms with E-state index in [0.717, 1.165) is 60.7 Å². The average Bonchev–Trinajstić information content (AvgIpc) is 3.26. The maximum atomic E-state index is 5.54. The van der Waals surface area contributed by atoms with Crippen LogP contribution in [0.25, 0.3) is 0 Å². The number of hydrogen-bond acceptors (Lipinski definition) is 6. The van der Waals surface area contributed by atoms with Gasteiger partial charge in [-0.3, -0.25) is 4.99 Å². The second kappa shape index (κ2) is 11.2. The van der Waals surface area contributed by atoms with Gasteiger partial charge >= 0.3 is 0 Å². The van der Waals surface area contributed by atoms with E-state index < -0.39 is 0 Å². The fourth-order valence-corrected chi connectivity index (χ4v) is 4.96. The van der Waals surface area contributed by atoms with Crippen LogP contribution < -0.4 is 20.3 Å². The number of methoxy groups -OCH3 is 1. The van der Waals surface area contributed by atoms with Gasteiger partial charge in [0, 0.05) is 50.1 Å². The molecule has 0 bridgehead atoms. The van der Waals surface area contributed by atoms with E-state index in [2.05, 4.69) is 37.6 Å². The molecule has 1 atom stereocenters. The van der Waals surface area contributed by atoms with Gasteiger partial charge in [0.25, 0.3) is 0 Å². The molecule has 3 rings (SSSR count). The zero-order valence-corrected chi connectivity index (χ0v) is 18.2. The second-order valence-electron chi connectivity index (χ2n) is 6.60. The molecule has 1 aromatic carbocycles. The zero-order chi connectivity index (χ0) is 19.6. The first-order chi connectivity index (χ1) is 13.8. The van der Waals surface area contributed by atoms with Crippen LogP contribution >= 0.6 is 23.1 Å². The molecule has 0 radical (unpaired) electrons. The number of aromatic nitrogens is 1. The van der Waals surface area contributed by atoms with Crippen molar-refractivity contribution in [1.29, 1.82) is 0 Å². The van der Waals surface area contributed by atoms with Crippen molar-refractivity contribution in [2.75, 3.05) is 44.4 Å². The maximum Gasteiger partial charge on any atom is 0.191 e. The van der Waals surface area contributed by atoms with Gasteiger partial charge in [-0.25, -0.2) is 4.98 Å². The number of thioether (sulfide) groups is 1. The van der Waals surface area contributed by atoms with Crippen molar-refractivity contribution >= 4 is 34.7 Å². The van der Waals surface area contributed by atoms with Crippen molar-refractivity contribution in [2.24, 2.45) is 4.99 Å². The number of anilines is 1. The third kappa shape index (κ3) is 6.04. The number of rotatable bonds is 8. The van der Waals surface area contributed by atoms with Crippen LogP contribution in [-0.2, 0) is 0 Å². The minimum absolute atomic E-state index is 0.370.